The summed E-state index contributed by atoms with van der Waals surface area (Å²) < 4.78 is 57.2. The molecule has 1 amide bonds. The van der Waals surface area contributed by atoms with E-state index in [1.807, 2.05) is 6.92 Å². The van der Waals surface area contributed by atoms with Crippen molar-refractivity contribution < 1.29 is 26.4 Å². The Balaban J connectivity index is 2.10. The van der Waals surface area contributed by atoms with Crippen molar-refractivity contribution >= 4 is 31.5 Å². The van der Waals surface area contributed by atoms with Crippen molar-refractivity contribution in [3.8, 4) is 0 Å². The van der Waals surface area contributed by atoms with Gasteiger partial charge in [0.2, 0.25) is 10.0 Å². The molecule has 0 aliphatic rings. The number of sulfonamides is 1. The Morgan fingerprint density at radius 1 is 0.968 bits per heavy atom. The van der Waals surface area contributed by atoms with Crippen LogP contribution in [-0.2, 0) is 24.6 Å². The molecule has 8 nitrogen and oxygen atoms in total. The summed E-state index contributed by atoms with van der Waals surface area (Å²) in [5.41, 5.74) is 0.395. The molecule has 0 saturated carbocycles. The number of amides is 1. The Kier molecular flexibility index (Phi) is 9.17. The average Bonchev–Trinajstić information content (AvgIpc) is 2.74. The monoisotopic (exact) mass is 468 g/mol. The number of carbonyl (C=O) groups is 1. The third-order valence-electron chi connectivity index (χ3n) is 4.32. The van der Waals surface area contributed by atoms with Crippen molar-refractivity contribution in [1.82, 2.24) is 4.72 Å². The lowest BCUT2D eigenvalue weighted by Crippen LogP contribution is -2.25. The van der Waals surface area contributed by atoms with Crippen LogP contribution < -0.4 is 10.0 Å². The highest BCUT2D eigenvalue weighted by molar-refractivity contribution is 7.91. The highest BCUT2D eigenvalue weighted by Gasteiger charge is 2.21. The molecule has 2 N–H and O–H groups in total. The highest BCUT2D eigenvalue weighted by Crippen LogP contribution is 2.20. The van der Waals surface area contributed by atoms with Gasteiger partial charge in [0, 0.05) is 25.4 Å². The summed E-state index contributed by atoms with van der Waals surface area (Å²) in [4.78, 5) is 12.7. The molecule has 0 heterocycles. The maximum atomic E-state index is 12.7. The molecule has 2 aromatic rings. The molecule has 0 unspecified atom stereocenters. The Morgan fingerprint density at radius 2 is 1.65 bits per heavy atom. The maximum absolute atomic E-state index is 12.7. The van der Waals surface area contributed by atoms with E-state index >= 15 is 0 Å². The van der Waals surface area contributed by atoms with E-state index in [1.54, 1.807) is 19.1 Å². The molecule has 0 aliphatic carbocycles. The van der Waals surface area contributed by atoms with Crippen molar-refractivity contribution in [1.29, 1.82) is 0 Å². The van der Waals surface area contributed by atoms with Crippen LogP contribution in [-0.4, -0.2) is 48.3 Å². The molecule has 0 saturated heterocycles. The molecule has 0 aliphatic heterocycles. The van der Waals surface area contributed by atoms with Crippen molar-refractivity contribution in [3.63, 3.8) is 0 Å². The van der Waals surface area contributed by atoms with E-state index in [4.69, 9.17) is 4.74 Å². The van der Waals surface area contributed by atoms with Gasteiger partial charge in [-0.05, 0) is 56.2 Å². The first-order valence-corrected chi connectivity index (χ1v) is 13.2. The van der Waals surface area contributed by atoms with Crippen LogP contribution in [0.25, 0.3) is 0 Å². The number of anilines is 1. The molecule has 10 heteroatoms. The van der Waals surface area contributed by atoms with Crippen LogP contribution in [0.1, 0.15) is 37.0 Å². The topological polar surface area (TPSA) is 119 Å². The normalized spacial score (nSPS) is 11.9. The molecule has 31 heavy (non-hydrogen) atoms. The largest absolute Gasteiger partial charge is 0.382 e. The zero-order valence-electron chi connectivity index (χ0n) is 17.6. The van der Waals surface area contributed by atoms with E-state index in [0.29, 0.717) is 31.7 Å². The minimum absolute atomic E-state index is 0.0233. The standard InChI is InChI=1S/C21H28N2O6S2/c1-3-16-30(25,26)20-9-6-5-8-19(20)21(24)23-17-10-12-18(13-11-17)31(27,28)22-14-7-15-29-4-2/h5-6,8-13,22H,3-4,7,14-16H2,1-2H3,(H,23,24). The fraction of sp³-hybridized carbons (Fsp3) is 0.381. The van der Waals surface area contributed by atoms with Gasteiger partial charge in [-0.15, -0.1) is 0 Å². The SMILES string of the molecule is CCCS(=O)(=O)c1ccccc1C(=O)Nc1ccc(S(=O)(=O)NCCCOCC)cc1. The summed E-state index contributed by atoms with van der Waals surface area (Å²) in [6, 6.07) is 11.7. The van der Waals surface area contributed by atoms with Gasteiger partial charge in [-0.25, -0.2) is 21.6 Å². The molecule has 0 bridgehead atoms. The predicted octanol–water partition coefficient (Wildman–Crippen LogP) is 2.83. The van der Waals surface area contributed by atoms with Gasteiger partial charge >= 0.3 is 0 Å². The number of sulfone groups is 1. The Hall–Kier alpha value is -2.27. The first kappa shape index (κ1) is 25.0. The number of hydrogen-bond acceptors (Lipinski definition) is 6. The number of nitrogens with one attached hydrogen (secondary N) is 2. The second kappa shape index (κ2) is 11.4. The van der Waals surface area contributed by atoms with Crippen LogP contribution in [0, 0.1) is 0 Å². The third-order valence-corrected chi connectivity index (χ3v) is 7.77. The lowest BCUT2D eigenvalue weighted by molar-refractivity contribution is 0.102. The highest BCUT2D eigenvalue weighted by atomic mass is 32.2. The van der Waals surface area contributed by atoms with Gasteiger partial charge in [0.05, 0.1) is 21.1 Å². The van der Waals surface area contributed by atoms with Gasteiger partial charge in [0.1, 0.15) is 0 Å². The molecular formula is C21H28N2O6S2. The molecule has 2 rings (SSSR count). The quantitative estimate of drug-likeness (QED) is 0.463. The van der Waals surface area contributed by atoms with Gasteiger partial charge in [-0.2, -0.15) is 0 Å². The summed E-state index contributed by atoms with van der Waals surface area (Å²) in [5, 5.41) is 2.62. The van der Waals surface area contributed by atoms with Gasteiger partial charge < -0.3 is 10.1 Å². The molecule has 0 radical (unpaired) electrons. The molecule has 2 aromatic carbocycles. The van der Waals surface area contributed by atoms with E-state index in [2.05, 4.69) is 10.0 Å². The van der Waals surface area contributed by atoms with Gasteiger partial charge in [0.15, 0.2) is 9.84 Å². The van der Waals surface area contributed by atoms with Crippen molar-refractivity contribution in [2.75, 3.05) is 30.8 Å². The zero-order chi connectivity index (χ0) is 22.9. The van der Waals surface area contributed by atoms with Gasteiger partial charge in [0.25, 0.3) is 5.91 Å². The second-order valence-electron chi connectivity index (χ2n) is 6.74. The summed E-state index contributed by atoms with van der Waals surface area (Å²) in [6.45, 7) is 4.93. The second-order valence-corrected chi connectivity index (χ2v) is 10.6. The number of carbonyl (C=O) groups excluding carboxylic acids is 1. The van der Waals surface area contributed by atoms with Crippen LogP contribution in [0.15, 0.2) is 58.3 Å². The Morgan fingerprint density at radius 3 is 2.29 bits per heavy atom. The molecule has 170 valence electrons. The van der Waals surface area contributed by atoms with E-state index in [-0.39, 0.29) is 27.7 Å². The number of ether oxygens (including phenoxy) is 1. The molecule has 0 aromatic heterocycles. The minimum Gasteiger partial charge on any atom is -0.382 e. The minimum atomic E-state index is -3.67. The van der Waals surface area contributed by atoms with Crippen LogP contribution in [0.4, 0.5) is 5.69 Å². The number of benzene rings is 2. The number of rotatable bonds is 12. The fourth-order valence-corrected chi connectivity index (χ4v) is 5.44. The predicted molar refractivity (Wildman–Crippen MR) is 119 cm³/mol. The van der Waals surface area contributed by atoms with Crippen LogP contribution >= 0.6 is 0 Å². The van der Waals surface area contributed by atoms with E-state index in [1.165, 1.54) is 36.4 Å². The maximum Gasteiger partial charge on any atom is 0.256 e. The van der Waals surface area contributed by atoms with Crippen molar-refractivity contribution in [2.24, 2.45) is 0 Å². The first-order valence-electron chi connectivity index (χ1n) is 10.0. The summed E-state index contributed by atoms with van der Waals surface area (Å²) in [6.07, 6.45) is 0.995. The van der Waals surface area contributed by atoms with Crippen LogP contribution in [0.3, 0.4) is 0 Å². The zero-order valence-corrected chi connectivity index (χ0v) is 19.3. The molecular weight excluding hydrogens is 440 g/mol. The van der Waals surface area contributed by atoms with Crippen LogP contribution in [0.2, 0.25) is 0 Å². The molecule has 0 atom stereocenters. The fourth-order valence-electron chi connectivity index (χ4n) is 2.83. The van der Waals surface area contributed by atoms with E-state index < -0.39 is 25.8 Å². The lowest BCUT2D eigenvalue weighted by Gasteiger charge is -2.11. The summed E-state index contributed by atoms with van der Waals surface area (Å²) in [7, 11) is -7.25. The summed E-state index contributed by atoms with van der Waals surface area (Å²) >= 11 is 0. The average molecular weight is 469 g/mol. The van der Waals surface area contributed by atoms with Crippen molar-refractivity contribution in [2.45, 2.75) is 36.5 Å². The Labute approximate surface area is 184 Å². The lowest BCUT2D eigenvalue weighted by atomic mass is 10.2. The van der Waals surface area contributed by atoms with E-state index in [0.717, 1.165) is 0 Å². The smallest absolute Gasteiger partial charge is 0.256 e. The summed E-state index contributed by atoms with van der Waals surface area (Å²) in [5.74, 6) is -0.638. The number of hydrogen-bond donors (Lipinski definition) is 2. The van der Waals surface area contributed by atoms with E-state index in [9.17, 15) is 21.6 Å². The Bertz CT molecular complexity index is 1080. The molecule has 0 spiro atoms. The third kappa shape index (κ3) is 7.13. The van der Waals surface area contributed by atoms with Gasteiger partial charge in [-0.3, -0.25) is 4.79 Å². The van der Waals surface area contributed by atoms with Crippen LogP contribution in [0.5, 0.6) is 0 Å². The molecule has 0 fully saturated rings. The van der Waals surface area contributed by atoms with Gasteiger partial charge in [-0.1, -0.05) is 19.1 Å². The first-order chi connectivity index (χ1) is 14.7. The van der Waals surface area contributed by atoms with Crippen molar-refractivity contribution in [3.05, 3.63) is 54.1 Å².